The number of nitrogens with zero attached hydrogens (tertiary/aromatic N) is 4. The first-order valence-corrected chi connectivity index (χ1v) is 5.81. The highest BCUT2D eigenvalue weighted by molar-refractivity contribution is 5.74. The Labute approximate surface area is 104 Å². The molecule has 92 valence electrons. The summed E-state index contributed by atoms with van der Waals surface area (Å²) in [5, 5.41) is 14.3. The van der Waals surface area contributed by atoms with E-state index in [9.17, 15) is 5.11 Å². The molecule has 1 aromatic carbocycles. The lowest BCUT2D eigenvalue weighted by molar-refractivity contribution is 0.148. The number of hydrogen-bond donors (Lipinski definition) is 1. The topological polar surface area (TPSA) is 55.9 Å². The van der Waals surface area contributed by atoms with Crippen LogP contribution in [0.15, 0.2) is 42.9 Å². The first-order chi connectivity index (χ1) is 8.75. The van der Waals surface area contributed by atoms with E-state index >= 15 is 0 Å². The van der Waals surface area contributed by atoms with E-state index in [1.165, 1.54) is 0 Å². The van der Waals surface area contributed by atoms with Crippen molar-refractivity contribution in [3.8, 4) is 0 Å². The van der Waals surface area contributed by atoms with Crippen LogP contribution in [0.2, 0.25) is 0 Å². The quantitative estimate of drug-likeness (QED) is 0.757. The largest absolute Gasteiger partial charge is 0.385 e. The molecule has 2 aromatic heterocycles. The molecular weight excluding hydrogens is 228 g/mol. The summed E-state index contributed by atoms with van der Waals surface area (Å²) in [7, 11) is 1.82. The highest BCUT2D eigenvalue weighted by Gasteiger charge is 2.13. The third kappa shape index (κ3) is 1.78. The van der Waals surface area contributed by atoms with Crippen LogP contribution in [0.25, 0.3) is 11.0 Å². The van der Waals surface area contributed by atoms with E-state index in [1.54, 1.807) is 17.2 Å². The molecule has 0 saturated carbocycles. The normalized spacial score (nSPS) is 13.0. The Morgan fingerprint density at radius 3 is 2.89 bits per heavy atom. The third-order valence-corrected chi connectivity index (χ3v) is 3.10. The molecule has 3 rings (SSSR count). The van der Waals surface area contributed by atoms with Crippen molar-refractivity contribution in [3.63, 3.8) is 0 Å². The van der Waals surface area contributed by atoms with Gasteiger partial charge in [-0.3, -0.25) is 4.68 Å². The Morgan fingerprint density at radius 1 is 1.28 bits per heavy atom. The molecule has 0 amide bonds. The average molecular weight is 242 g/mol. The number of imidazole rings is 1. The monoisotopic (exact) mass is 242 g/mol. The lowest BCUT2D eigenvalue weighted by Crippen LogP contribution is -2.11. The van der Waals surface area contributed by atoms with Gasteiger partial charge in [-0.15, -0.1) is 0 Å². The van der Waals surface area contributed by atoms with Crippen LogP contribution in [0.3, 0.4) is 0 Å². The van der Waals surface area contributed by atoms with Gasteiger partial charge in [0.15, 0.2) is 0 Å². The van der Waals surface area contributed by atoms with Crippen molar-refractivity contribution < 1.29 is 5.11 Å². The maximum atomic E-state index is 10.2. The van der Waals surface area contributed by atoms with E-state index in [1.807, 2.05) is 41.9 Å². The molecule has 2 heterocycles. The number of fused-ring (bicyclic) bond motifs is 1. The summed E-state index contributed by atoms with van der Waals surface area (Å²) < 4.78 is 3.64. The van der Waals surface area contributed by atoms with Gasteiger partial charge in [0, 0.05) is 13.2 Å². The molecule has 1 unspecified atom stereocenters. The molecule has 0 aliphatic rings. The summed E-state index contributed by atoms with van der Waals surface area (Å²) >= 11 is 0. The Kier molecular flexibility index (Phi) is 2.60. The minimum atomic E-state index is -0.588. The van der Waals surface area contributed by atoms with Crippen LogP contribution < -0.4 is 0 Å². The number of aliphatic hydroxyl groups excluding tert-OH is 1. The number of aryl methyl sites for hydroxylation is 1. The van der Waals surface area contributed by atoms with Gasteiger partial charge in [0.1, 0.15) is 6.10 Å². The Bertz CT molecular complexity index is 670. The van der Waals surface area contributed by atoms with Gasteiger partial charge in [0.25, 0.3) is 0 Å². The fraction of sp³-hybridized carbons (Fsp3) is 0.231. The fourth-order valence-corrected chi connectivity index (χ4v) is 2.15. The summed E-state index contributed by atoms with van der Waals surface area (Å²) in [4.78, 5) is 4.30. The molecule has 0 bridgehead atoms. The molecule has 0 fully saturated rings. The van der Waals surface area contributed by atoms with Crippen molar-refractivity contribution in [2.24, 2.45) is 7.05 Å². The summed E-state index contributed by atoms with van der Waals surface area (Å²) in [6.07, 6.45) is 2.85. The number of benzene rings is 1. The second kappa shape index (κ2) is 4.27. The molecule has 0 aliphatic heterocycles. The van der Waals surface area contributed by atoms with Gasteiger partial charge in [-0.1, -0.05) is 12.1 Å². The summed E-state index contributed by atoms with van der Waals surface area (Å²) in [6.45, 7) is 0.472. The maximum absolute atomic E-state index is 10.2. The smallest absolute Gasteiger partial charge is 0.113 e. The van der Waals surface area contributed by atoms with Gasteiger partial charge in [-0.05, 0) is 18.2 Å². The zero-order valence-electron chi connectivity index (χ0n) is 10.1. The van der Waals surface area contributed by atoms with Crippen LogP contribution in [0.4, 0.5) is 0 Å². The molecular formula is C13H14N4O. The minimum Gasteiger partial charge on any atom is -0.385 e. The average Bonchev–Trinajstić information content (AvgIpc) is 2.97. The predicted molar refractivity (Wildman–Crippen MR) is 67.9 cm³/mol. The number of aliphatic hydroxyl groups is 1. The molecule has 0 aliphatic carbocycles. The molecule has 0 saturated heterocycles. The van der Waals surface area contributed by atoms with Gasteiger partial charge in [-0.2, -0.15) is 5.10 Å². The van der Waals surface area contributed by atoms with E-state index in [-0.39, 0.29) is 0 Å². The SMILES string of the molecule is Cn1nccc1C(O)Cn1cnc2ccccc21. The Hall–Kier alpha value is -2.14. The van der Waals surface area contributed by atoms with E-state index in [4.69, 9.17) is 0 Å². The van der Waals surface area contributed by atoms with Gasteiger partial charge in [0.2, 0.25) is 0 Å². The summed E-state index contributed by atoms with van der Waals surface area (Å²) in [5.74, 6) is 0. The zero-order chi connectivity index (χ0) is 12.5. The third-order valence-electron chi connectivity index (χ3n) is 3.10. The maximum Gasteiger partial charge on any atom is 0.113 e. The summed E-state index contributed by atoms with van der Waals surface area (Å²) in [6, 6.07) is 9.71. The van der Waals surface area contributed by atoms with Crippen LogP contribution in [0.1, 0.15) is 11.8 Å². The van der Waals surface area contributed by atoms with Gasteiger partial charge in [0.05, 0.1) is 29.6 Å². The zero-order valence-corrected chi connectivity index (χ0v) is 10.1. The molecule has 5 nitrogen and oxygen atoms in total. The Morgan fingerprint density at radius 2 is 2.11 bits per heavy atom. The van der Waals surface area contributed by atoms with E-state index in [2.05, 4.69) is 10.1 Å². The molecule has 0 radical (unpaired) electrons. The second-order valence-electron chi connectivity index (χ2n) is 4.28. The minimum absolute atomic E-state index is 0.472. The van der Waals surface area contributed by atoms with Crippen LogP contribution in [0, 0.1) is 0 Å². The summed E-state index contributed by atoms with van der Waals surface area (Å²) in [5.41, 5.74) is 2.77. The van der Waals surface area contributed by atoms with Gasteiger partial charge < -0.3 is 9.67 Å². The standard InChI is InChI=1S/C13H14N4O/c1-16-12(6-7-15-16)13(18)8-17-9-14-10-4-2-3-5-11(10)17/h2-7,9,13,18H,8H2,1H3. The lowest BCUT2D eigenvalue weighted by Gasteiger charge is -2.12. The molecule has 3 aromatic rings. The van der Waals surface area contributed by atoms with E-state index in [0.29, 0.717) is 6.54 Å². The highest BCUT2D eigenvalue weighted by atomic mass is 16.3. The molecule has 1 N–H and O–H groups in total. The first kappa shape index (κ1) is 11.0. The van der Waals surface area contributed by atoms with Gasteiger partial charge >= 0.3 is 0 Å². The van der Waals surface area contributed by atoms with Crippen LogP contribution in [0.5, 0.6) is 0 Å². The van der Waals surface area contributed by atoms with Crippen LogP contribution in [-0.2, 0) is 13.6 Å². The van der Waals surface area contributed by atoms with Crippen molar-refractivity contribution >= 4 is 11.0 Å². The highest BCUT2D eigenvalue weighted by Crippen LogP contribution is 2.18. The van der Waals surface area contributed by atoms with Crippen molar-refractivity contribution in [3.05, 3.63) is 48.5 Å². The van der Waals surface area contributed by atoms with Crippen molar-refractivity contribution in [2.75, 3.05) is 0 Å². The molecule has 0 spiro atoms. The number of aromatic nitrogens is 4. The lowest BCUT2D eigenvalue weighted by atomic mass is 10.2. The molecule has 5 heteroatoms. The second-order valence-corrected chi connectivity index (χ2v) is 4.28. The predicted octanol–water partition coefficient (Wildman–Crippen LogP) is 1.50. The number of rotatable bonds is 3. The molecule has 18 heavy (non-hydrogen) atoms. The number of hydrogen-bond acceptors (Lipinski definition) is 3. The fourth-order valence-electron chi connectivity index (χ4n) is 2.15. The van der Waals surface area contributed by atoms with Crippen molar-refractivity contribution in [2.45, 2.75) is 12.6 Å². The van der Waals surface area contributed by atoms with E-state index in [0.717, 1.165) is 16.7 Å². The Balaban J connectivity index is 1.91. The first-order valence-electron chi connectivity index (χ1n) is 5.81. The van der Waals surface area contributed by atoms with Crippen LogP contribution in [-0.4, -0.2) is 24.4 Å². The van der Waals surface area contributed by atoms with Crippen molar-refractivity contribution in [1.29, 1.82) is 0 Å². The van der Waals surface area contributed by atoms with Crippen molar-refractivity contribution in [1.82, 2.24) is 19.3 Å². The number of para-hydroxylation sites is 2. The van der Waals surface area contributed by atoms with E-state index < -0.39 is 6.10 Å². The molecule has 1 atom stereocenters. The van der Waals surface area contributed by atoms with Gasteiger partial charge in [-0.25, -0.2) is 4.98 Å². The van der Waals surface area contributed by atoms with Crippen LogP contribution >= 0.6 is 0 Å².